The van der Waals surface area contributed by atoms with Crippen LogP contribution in [0.3, 0.4) is 0 Å². The Morgan fingerprint density at radius 1 is 1.03 bits per heavy atom. The van der Waals surface area contributed by atoms with Crippen LogP contribution in [0, 0.1) is 5.82 Å². The van der Waals surface area contributed by atoms with Gasteiger partial charge in [0.2, 0.25) is 0 Å². The van der Waals surface area contributed by atoms with Crippen LogP contribution in [0.1, 0.15) is 52.3 Å². The van der Waals surface area contributed by atoms with E-state index in [2.05, 4.69) is 22.4 Å². The summed E-state index contributed by atoms with van der Waals surface area (Å²) < 4.78 is 15.5. The molecule has 1 aliphatic rings. The Labute approximate surface area is 216 Å². The number of benzene rings is 2. The minimum atomic E-state index is -0.791. The Balaban J connectivity index is 1.63. The topological polar surface area (TPSA) is 69.9 Å². The van der Waals surface area contributed by atoms with Crippen LogP contribution in [0.2, 0.25) is 0 Å². The molecule has 0 atom stereocenters. The third-order valence-electron chi connectivity index (χ3n) is 6.83. The van der Waals surface area contributed by atoms with E-state index in [1.807, 2.05) is 30.9 Å². The van der Waals surface area contributed by atoms with Crippen molar-refractivity contribution in [2.24, 2.45) is 5.73 Å². The van der Waals surface area contributed by atoms with Crippen LogP contribution in [0.5, 0.6) is 0 Å². The third kappa shape index (κ3) is 5.60. The molecule has 3 aromatic rings. The molecule has 4 rings (SSSR count). The molecule has 2 amide bonds. The van der Waals surface area contributed by atoms with Gasteiger partial charge in [-0.05, 0) is 74.5 Å². The summed E-state index contributed by atoms with van der Waals surface area (Å²) in [7, 11) is 0. The summed E-state index contributed by atoms with van der Waals surface area (Å²) in [5, 5.41) is 2.09. The Morgan fingerprint density at radius 3 is 2.31 bits per heavy atom. The highest BCUT2D eigenvalue weighted by molar-refractivity contribution is 7.09. The van der Waals surface area contributed by atoms with E-state index in [4.69, 9.17) is 5.73 Å². The highest BCUT2D eigenvalue weighted by Crippen LogP contribution is 2.35. The van der Waals surface area contributed by atoms with Gasteiger partial charge in [-0.25, -0.2) is 4.39 Å². The van der Waals surface area contributed by atoms with Crippen LogP contribution in [-0.4, -0.2) is 53.8 Å². The second kappa shape index (κ2) is 11.7. The van der Waals surface area contributed by atoms with Crippen molar-refractivity contribution in [2.45, 2.75) is 39.3 Å². The fourth-order valence-corrected chi connectivity index (χ4v) is 5.61. The van der Waals surface area contributed by atoms with Crippen molar-refractivity contribution < 1.29 is 14.0 Å². The molecule has 1 saturated heterocycles. The average molecular weight is 509 g/mol. The number of thiophene rings is 1. The second-order valence-electron chi connectivity index (χ2n) is 8.98. The van der Waals surface area contributed by atoms with Gasteiger partial charge in [0.15, 0.2) is 5.82 Å². The molecule has 6 nitrogen and oxygen atoms in total. The Bertz CT molecular complexity index is 1170. The number of primary amides is 1. The molecule has 2 N–H and O–H groups in total. The zero-order valence-electron chi connectivity index (χ0n) is 20.8. The van der Waals surface area contributed by atoms with Crippen molar-refractivity contribution in [1.29, 1.82) is 0 Å². The number of nitrogens with two attached hydrogens (primary N) is 1. The quantitative estimate of drug-likeness (QED) is 0.428. The van der Waals surface area contributed by atoms with E-state index < -0.39 is 11.7 Å². The molecule has 8 heteroatoms. The van der Waals surface area contributed by atoms with Gasteiger partial charge in [-0.2, -0.15) is 0 Å². The van der Waals surface area contributed by atoms with Crippen molar-refractivity contribution in [3.8, 4) is 0 Å². The van der Waals surface area contributed by atoms with Gasteiger partial charge < -0.3 is 15.5 Å². The second-order valence-corrected chi connectivity index (χ2v) is 10.0. The fraction of sp³-hybridized carbons (Fsp3) is 0.357. The van der Waals surface area contributed by atoms with Crippen molar-refractivity contribution in [3.63, 3.8) is 0 Å². The van der Waals surface area contributed by atoms with Gasteiger partial charge in [0.25, 0.3) is 11.8 Å². The van der Waals surface area contributed by atoms with E-state index in [9.17, 15) is 9.59 Å². The molecule has 0 saturated carbocycles. The standard InChI is InChI=1S/C28H33FN4O2S/c1-3-32(4-2)28(35)20-10-12-21(13-11-20)33(25-9-5-8-24(26(25)29)27(30)34)22-14-16-31(17-15-22)19-23-7-6-18-36-23/h5-13,18,22H,3-4,14-17,19H2,1-2H3,(H2,30,34). The number of amides is 2. The first-order valence-electron chi connectivity index (χ1n) is 12.4. The SMILES string of the molecule is CCN(CC)C(=O)c1ccc(N(c2cccc(C(N)=O)c2F)C2CCN(Cc3cccs3)CC2)cc1. The molecule has 36 heavy (non-hydrogen) atoms. The fourth-order valence-electron chi connectivity index (χ4n) is 4.86. The number of rotatable bonds is 9. The molecule has 0 radical (unpaired) electrons. The van der Waals surface area contributed by atoms with E-state index in [0.29, 0.717) is 24.3 Å². The number of likely N-dealkylation sites (tertiary alicyclic amines) is 1. The minimum Gasteiger partial charge on any atom is -0.366 e. The van der Waals surface area contributed by atoms with Gasteiger partial charge in [0.1, 0.15) is 0 Å². The predicted molar refractivity (Wildman–Crippen MR) is 143 cm³/mol. The van der Waals surface area contributed by atoms with Crippen LogP contribution in [0.15, 0.2) is 60.0 Å². The first kappa shape index (κ1) is 25.9. The first-order valence-corrected chi connectivity index (χ1v) is 13.3. The molecule has 0 bridgehead atoms. The summed E-state index contributed by atoms with van der Waals surface area (Å²) in [5.74, 6) is -1.43. The first-order chi connectivity index (χ1) is 17.4. The van der Waals surface area contributed by atoms with Gasteiger partial charge >= 0.3 is 0 Å². The number of carbonyl (C=O) groups excluding carboxylic acids is 2. The molecule has 0 aliphatic carbocycles. The van der Waals surface area contributed by atoms with E-state index in [0.717, 1.165) is 38.2 Å². The maximum absolute atomic E-state index is 15.5. The summed E-state index contributed by atoms with van der Waals surface area (Å²) in [6.07, 6.45) is 1.68. The molecule has 2 aromatic carbocycles. The highest BCUT2D eigenvalue weighted by atomic mass is 32.1. The molecule has 1 aliphatic heterocycles. The Hall–Kier alpha value is -3.23. The van der Waals surface area contributed by atoms with Crippen LogP contribution in [-0.2, 0) is 6.54 Å². The normalized spacial score (nSPS) is 14.5. The van der Waals surface area contributed by atoms with Gasteiger partial charge in [-0.1, -0.05) is 12.1 Å². The average Bonchev–Trinajstić information content (AvgIpc) is 3.40. The van der Waals surface area contributed by atoms with Gasteiger partial charge in [-0.3, -0.25) is 14.5 Å². The lowest BCUT2D eigenvalue weighted by Crippen LogP contribution is -2.43. The summed E-state index contributed by atoms with van der Waals surface area (Å²) in [4.78, 5) is 32.1. The van der Waals surface area contributed by atoms with E-state index in [-0.39, 0.29) is 17.5 Å². The predicted octanol–water partition coefficient (Wildman–Crippen LogP) is 5.27. The van der Waals surface area contributed by atoms with E-state index in [1.165, 1.54) is 10.9 Å². The van der Waals surface area contributed by atoms with Gasteiger partial charge in [0.05, 0.1) is 11.3 Å². The molecule has 0 spiro atoms. The smallest absolute Gasteiger partial charge is 0.253 e. The lowest BCUT2D eigenvalue weighted by molar-refractivity contribution is 0.0772. The van der Waals surface area contributed by atoms with Crippen LogP contribution >= 0.6 is 11.3 Å². The minimum absolute atomic E-state index is 0.0260. The van der Waals surface area contributed by atoms with E-state index >= 15 is 4.39 Å². The summed E-state index contributed by atoms with van der Waals surface area (Å²) in [5.41, 5.74) is 7.02. The van der Waals surface area contributed by atoms with Crippen molar-refractivity contribution in [2.75, 3.05) is 31.1 Å². The molecule has 0 unspecified atom stereocenters. The Kier molecular flexibility index (Phi) is 8.38. The zero-order valence-corrected chi connectivity index (χ0v) is 21.6. The van der Waals surface area contributed by atoms with Crippen LogP contribution in [0.4, 0.5) is 15.8 Å². The van der Waals surface area contributed by atoms with Crippen molar-refractivity contribution >= 4 is 34.5 Å². The molecule has 1 fully saturated rings. The molecule has 190 valence electrons. The summed E-state index contributed by atoms with van der Waals surface area (Å²) >= 11 is 1.76. The van der Waals surface area contributed by atoms with Gasteiger partial charge in [-0.15, -0.1) is 11.3 Å². The number of halogens is 1. The molecule has 2 heterocycles. The number of carbonyl (C=O) groups is 2. The lowest BCUT2D eigenvalue weighted by Gasteiger charge is -2.40. The third-order valence-corrected chi connectivity index (χ3v) is 7.69. The van der Waals surface area contributed by atoms with Crippen LogP contribution < -0.4 is 10.6 Å². The number of hydrogen-bond donors (Lipinski definition) is 1. The maximum atomic E-state index is 15.5. The number of anilines is 2. The van der Waals surface area contributed by atoms with Crippen molar-refractivity contribution in [1.82, 2.24) is 9.80 Å². The highest BCUT2D eigenvalue weighted by Gasteiger charge is 2.29. The molecular weight excluding hydrogens is 475 g/mol. The maximum Gasteiger partial charge on any atom is 0.253 e. The lowest BCUT2D eigenvalue weighted by atomic mass is 9.99. The number of piperidine rings is 1. The molecule has 1 aromatic heterocycles. The summed E-state index contributed by atoms with van der Waals surface area (Å²) in [6.45, 7) is 7.87. The molecular formula is C28H33FN4O2S. The van der Waals surface area contributed by atoms with E-state index in [1.54, 1.807) is 40.5 Å². The Morgan fingerprint density at radius 2 is 1.72 bits per heavy atom. The number of hydrogen-bond acceptors (Lipinski definition) is 5. The van der Waals surface area contributed by atoms with Gasteiger partial charge in [0, 0.05) is 54.9 Å². The largest absolute Gasteiger partial charge is 0.366 e. The number of nitrogens with zero attached hydrogens (tertiary/aromatic N) is 3. The van der Waals surface area contributed by atoms with Crippen molar-refractivity contribution in [3.05, 3.63) is 81.8 Å². The zero-order chi connectivity index (χ0) is 25.7. The summed E-state index contributed by atoms with van der Waals surface area (Å²) in [6, 6.07) is 16.3. The van der Waals surface area contributed by atoms with Crippen LogP contribution in [0.25, 0.3) is 0 Å². The monoisotopic (exact) mass is 508 g/mol.